The van der Waals surface area contributed by atoms with Crippen molar-refractivity contribution in [2.45, 2.75) is 26.7 Å². The van der Waals surface area contributed by atoms with E-state index in [-0.39, 0.29) is 11.3 Å². The zero-order valence-corrected chi connectivity index (χ0v) is 9.05. The van der Waals surface area contributed by atoms with E-state index in [0.717, 1.165) is 0 Å². The van der Waals surface area contributed by atoms with Crippen LogP contribution in [0, 0.1) is 5.92 Å². The van der Waals surface area contributed by atoms with Gasteiger partial charge in [-0.05, 0) is 13.0 Å². The van der Waals surface area contributed by atoms with Gasteiger partial charge in [0.05, 0.1) is 0 Å². The second-order valence-corrected chi connectivity index (χ2v) is 3.91. The number of hydrogen-bond donors (Lipinski definition) is 0. The molecule has 0 bridgehead atoms. The first-order valence-corrected chi connectivity index (χ1v) is 4.85. The van der Waals surface area contributed by atoms with Crippen molar-refractivity contribution in [2.75, 3.05) is 0 Å². The van der Waals surface area contributed by atoms with Gasteiger partial charge in [0, 0.05) is 17.0 Å². The molecule has 15 heavy (non-hydrogen) atoms. The number of halogens is 2. The average molecular weight is 212 g/mol. The number of rotatable bonds is 3. The number of carbonyl (C=O) groups is 1. The summed E-state index contributed by atoms with van der Waals surface area (Å²) in [5.41, 5.74) is 0.234. The molecule has 0 saturated carbocycles. The molecule has 0 aliphatic rings. The van der Waals surface area contributed by atoms with Crippen molar-refractivity contribution in [3.8, 4) is 0 Å². The minimum Gasteiger partial charge on any atom is -0.295 e. The first-order valence-electron chi connectivity index (χ1n) is 4.85. The molecule has 0 amide bonds. The maximum Gasteiger partial charge on any atom is 0.275 e. The summed E-state index contributed by atoms with van der Waals surface area (Å²) >= 11 is 0. The van der Waals surface area contributed by atoms with Crippen LogP contribution in [0.25, 0.3) is 0 Å². The maximum absolute atomic E-state index is 13.6. The summed E-state index contributed by atoms with van der Waals surface area (Å²) in [5.74, 6) is -3.86. The minimum atomic E-state index is -2.88. The summed E-state index contributed by atoms with van der Waals surface area (Å²) < 4.78 is 27.2. The van der Waals surface area contributed by atoms with Gasteiger partial charge in [-0.25, -0.2) is 8.78 Å². The highest BCUT2D eigenvalue weighted by atomic mass is 19.3. The van der Waals surface area contributed by atoms with Gasteiger partial charge in [-0.3, -0.25) is 4.79 Å². The summed E-state index contributed by atoms with van der Waals surface area (Å²) in [7, 11) is 0. The lowest BCUT2D eigenvalue weighted by molar-refractivity contribution is -0.0514. The molecule has 82 valence electrons. The van der Waals surface area contributed by atoms with Crippen molar-refractivity contribution >= 4 is 5.78 Å². The predicted molar refractivity (Wildman–Crippen MR) is 55.2 cm³/mol. The second-order valence-electron chi connectivity index (χ2n) is 3.91. The Morgan fingerprint density at radius 2 is 1.93 bits per heavy atom. The lowest BCUT2D eigenvalue weighted by atomic mass is 9.96. The minimum absolute atomic E-state index is 0.0924. The lowest BCUT2D eigenvalue weighted by Gasteiger charge is -2.21. The standard InChI is InChI=1S/C12H14F2O/c1-8(2)12(13,14)11-6-4-5-10(7-11)9(3)15/h4-8H,1-3H3. The van der Waals surface area contributed by atoms with Gasteiger partial charge < -0.3 is 0 Å². The highest BCUT2D eigenvalue weighted by Crippen LogP contribution is 2.35. The van der Waals surface area contributed by atoms with Crippen LogP contribution in [0.3, 0.4) is 0 Å². The molecular weight excluding hydrogens is 198 g/mol. The van der Waals surface area contributed by atoms with Gasteiger partial charge in [-0.15, -0.1) is 0 Å². The third-order valence-corrected chi connectivity index (χ3v) is 2.38. The van der Waals surface area contributed by atoms with E-state index < -0.39 is 11.8 Å². The Morgan fingerprint density at radius 1 is 1.33 bits per heavy atom. The van der Waals surface area contributed by atoms with Gasteiger partial charge in [0.1, 0.15) is 0 Å². The first-order chi connectivity index (χ1) is 6.85. The van der Waals surface area contributed by atoms with Crippen LogP contribution in [0.1, 0.15) is 36.7 Å². The zero-order valence-electron chi connectivity index (χ0n) is 9.05. The van der Waals surface area contributed by atoms with Crippen molar-refractivity contribution in [2.24, 2.45) is 5.92 Å². The van der Waals surface area contributed by atoms with Crippen molar-refractivity contribution in [1.29, 1.82) is 0 Å². The predicted octanol–water partition coefficient (Wildman–Crippen LogP) is 3.64. The number of benzene rings is 1. The van der Waals surface area contributed by atoms with Crippen molar-refractivity contribution in [3.63, 3.8) is 0 Å². The van der Waals surface area contributed by atoms with E-state index in [1.54, 1.807) is 6.07 Å². The molecule has 0 radical (unpaired) electrons. The number of hydrogen-bond acceptors (Lipinski definition) is 1. The number of Topliss-reactive ketones (excluding diaryl/α,β-unsaturated/α-hetero) is 1. The molecule has 0 heterocycles. The third kappa shape index (κ3) is 2.41. The lowest BCUT2D eigenvalue weighted by Crippen LogP contribution is -2.21. The SMILES string of the molecule is CC(=O)c1cccc(C(F)(F)C(C)C)c1. The molecule has 0 fully saturated rings. The van der Waals surface area contributed by atoms with Crippen molar-refractivity contribution in [3.05, 3.63) is 35.4 Å². The van der Waals surface area contributed by atoms with Crippen LogP contribution in [0.2, 0.25) is 0 Å². The Bertz CT molecular complexity index is 370. The van der Waals surface area contributed by atoms with E-state index in [9.17, 15) is 13.6 Å². The van der Waals surface area contributed by atoms with E-state index in [2.05, 4.69) is 0 Å². The monoisotopic (exact) mass is 212 g/mol. The summed E-state index contributed by atoms with van der Waals surface area (Å²) in [6, 6.07) is 5.65. The van der Waals surface area contributed by atoms with Gasteiger partial charge in [-0.1, -0.05) is 32.0 Å². The van der Waals surface area contributed by atoms with E-state index in [1.165, 1.54) is 39.0 Å². The fourth-order valence-corrected chi connectivity index (χ4v) is 1.28. The molecule has 1 nitrogen and oxygen atoms in total. The Hall–Kier alpha value is -1.25. The Kier molecular flexibility index (Phi) is 3.22. The molecule has 0 unspecified atom stereocenters. The first kappa shape index (κ1) is 11.8. The van der Waals surface area contributed by atoms with Crippen LogP contribution < -0.4 is 0 Å². The van der Waals surface area contributed by atoms with Gasteiger partial charge in [0.15, 0.2) is 5.78 Å². The maximum atomic E-state index is 13.6. The van der Waals surface area contributed by atoms with Crippen LogP contribution in [0.15, 0.2) is 24.3 Å². The van der Waals surface area contributed by atoms with Crippen LogP contribution >= 0.6 is 0 Å². The molecule has 0 saturated heterocycles. The molecule has 0 spiro atoms. The van der Waals surface area contributed by atoms with Gasteiger partial charge in [0.25, 0.3) is 5.92 Å². The van der Waals surface area contributed by atoms with E-state index in [4.69, 9.17) is 0 Å². The summed E-state index contributed by atoms with van der Waals surface area (Å²) in [4.78, 5) is 11.0. The summed E-state index contributed by atoms with van der Waals surface area (Å²) in [6.07, 6.45) is 0. The fraction of sp³-hybridized carbons (Fsp3) is 0.417. The zero-order chi connectivity index (χ0) is 11.6. The van der Waals surface area contributed by atoms with Gasteiger partial charge >= 0.3 is 0 Å². The quantitative estimate of drug-likeness (QED) is 0.699. The van der Waals surface area contributed by atoms with E-state index >= 15 is 0 Å². The topological polar surface area (TPSA) is 17.1 Å². The highest BCUT2D eigenvalue weighted by molar-refractivity contribution is 5.94. The molecule has 1 rings (SSSR count). The fourth-order valence-electron chi connectivity index (χ4n) is 1.28. The van der Waals surface area contributed by atoms with Crippen LogP contribution in [-0.2, 0) is 5.92 Å². The number of ketones is 1. The van der Waals surface area contributed by atoms with Crippen LogP contribution in [0.4, 0.5) is 8.78 Å². The van der Waals surface area contributed by atoms with Crippen molar-refractivity contribution in [1.82, 2.24) is 0 Å². The smallest absolute Gasteiger partial charge is 0.275 e. The molecule has 3 heteroatoms. The molecule has 0 aromatic heterocycles. The normalized spacial score (nSPS) is 11.9. The highest BCUT2D eigenvalue weighted by Gasteiger charge is 2.35. The molecule has 1 aromatic rings. The summed E-state index contributed by atoms with van der Waals surface area (Å²) in [6.45, 7) is 4.29. The Morgan fingerprint density at radius 3 is 2.40 bits per heavy atom. The Labute approximate surface area is 88.1 Å². The summed E-state index contributed by atoms with van der Waals surface area (Å²) in [5, 5.41) is 0. The largest absolute Gasteiger partial charge is 0.295 e. The van der Waals surface area contributed by atoms with E-state index in [0.29, 0.717) is 5.56 Å². The molecule has 1 aromatic carbocycles. The molecular formula is C12H14F2O. The van der Waals surface area contributed by atoms with Gasteiger partial charge in [0.2, 0.25) is 0 Å². The Balaban J connectivity index is 3.16. The second kappa shape index (κ2) is 4.09. The number of carbonyl (C=O) groups excluding carboxylic acids is 1. The van der Waals surface area contributed by atoms with Crippen molar-refractivity contribution < 1.29 is 13.6 Å². The molecule has 0 atom stereocenters. The molecule has 0 N–H and O–H groups in total. The molecule has 0 aliphatic carbocycles. The van der Waals surface area contributed by atoms with Crippen LogP contribution in [0.5, 0.6) is 0 Å². The van der Waals surface area contributed by atoms with Crippen LogP contribution in [-0.4, -0.2) is 5.78 Å². The molecule has 0 aliphatic heterocycles. The van der Waals surface area contributed by atoms with Gasteiger partial charge in [-0.2, -0.15) is 0 Å². The third-order valence-electron chi connectivity index (χ3n) is 2.38. The average Bonchev–Trinajstić information content (AvgIpc) is 2.17. The number of alkyl halides is 2. The van der Waals surface area contributed by atoms with E-state index in [1.807, 2.05) is 0 Å².